The van der Waals surface area contributed by atoms with Crippen molar-refractivity contribution in [3.05, 3.63) is 29.6 Å². The Morgan fingerprint density at radius 2 is 2.18 bits per heavy atom. The Bertz CT molecular complexity index is 410. The first-order valence-corrected chi connectivity index (χ1v) is 5.69. The second-order valence-corrected chi connectivity index (χ2v) is 4.33. The molecule has 0 aromatic heterocycles. The van der Waals surface area contributed by atoms with Gasteiger partial charge in [0.2, 0.25) is 0 Å². The maximum Gasteiger partial charge on any atom is 0.146 e. The molecule has 0 unspecified atom stereocenters. The summed E-state index contributed by atoms with van der Waals surface area (Å²) in [7, 11) is 0. The smallest absolute Gasteiger partial charge is 0.146 e. The molecule has 17 heavy (non-hydrogen) atoms. The van der Waals surface area contributed by atoms with E-state index >= 15 is 0 Å². The average Bonchev–Trinajstić information content (AvgIpc) is 2.28. The number of rotatable bonds is 5. The van der Waals surface area contributed by atoms with Crippen LogP contribution in [0.2, 0.25) is 0 Å². The molecule has 0 spiro atoms. The molecule has 1 rings (SSSR count). The Morgan fingerprint density at radius 1 is 1.47 bits per heavy atom. The highest BCUT2D eigenvalue weighted by atomic mass is 19.1. The first kappa shape index (κ1) is 13.5. The van der Waals surface area contributed by atoms with Crippen LogP contribution in [0.3, 0.4) is 0 Å². The molecule has 0 saturated carbocycles. The predicted octanol–water partition coefficient (Wildman–Crippen LogP) is 2.53. The van der Waals surface area contributed by atoms with E-state index in [4.69, 9.17) is 11.0 Å². The zero-order valence-corrected chi connectivity index (χ0v) is 10.3. The molecule has 0 aliphatic heterocycles. The van der Waals surface area contributed by atoms with E-state index in [9.17, 15) is 4.39 Å². The molecule has 2 N–H and O–H groups in total. The monoisotopic (exact) mass is 235 g/mol. The van der Waals surface area contributed by atoms with E-state index in [0.717, 1.165) is 5.56 Å². The largest absolute Gasteiger partial charge is 0.396 e. The number of hydrogen-bond donors (Lipinski definition) is 1. The lowest BCUT2D eigenvalue weighted by Gasteiger charge is -2.25. The topological polar surface area (TPSA) is 53.0 Å². The molecule has 1 aromatic rings. The third kappa shape index (κ3) is 4.04. The molecule has 3 nitrogen and oxygen atoms in total. The Kier molecular flexibility index (Phi) is 4.92. The number of benzene rings is 1. The van der Waals surface area contributed by atoms with Gasteiger partial charge in [-0.25, -0.2) is 4.39 Å². The van der Waals surface area contributed by atoms with Gasteiger partial charge in [0.05, 0.1) is 11.8 Å². The van der Waals surface area contributed by atoms with Crippen LogP contribution in [-0.4, -0.2) is 17.5 Å². The second kappa shape index (κ2) is 6.21. The lowest BCUT2D eigenvalue weighted by atomic mass is 10.1. The van der Waals surface area contributed by atoms with Gasteiger partial charge in [0.15, 0.2) is 0 Å². The number of anilines is 1. The van der Waals surface area contributed by atoms with Crippen LogP contribution in [0.4, 0.5) is 10.1 Å². The van der Waals surface area contributed by atoms with Crippen LogP contribution < -0.4 is 5.73 Å². The van der Waals surface area contributed by atoms with Crippen molar-refractivity contribution >= 4 is 5.69 Å². The normalized spacial score (nSPS) is 10.8. The van der Waals surface area contributed by atoms with Crippen molar-refractivity contribution in [1.29, 1.82) is 5.26 Å². The van der Waals surface area contributed by atoms with Gasteiger partial charge < -0.3 is 5.73 Å². The fourth-order valence-electron chi connectivity index (χ4n) is 1.62. The van der Waals surface area contributed by atoms with E-state index in [1.165, 1.54) is 6.07 Å². The fourth-order valence-corrected chi connectivity index (χ4v) is 1.62. The molecule has 1 aromatic carbocycles. The van der Waals surface area contributed by atoms with Gasteiger partial charge in [-0.05, 0) is 31.5 Å². The van der Waals surface area contributed by atoms with Gasteiger partial charge in [-0.2, -0.15) is 5.26 Å². The minimum Gasteiger partial charge on any atom is -0.396 e. The van der Waals surface area contributed by atoms with Crippen LogP contribution >= 0.6 is 0 Å². The van der Waals surface area contributed by atoms with Crippen molar-refractivity contribution in [2.45, 2.75) is 32.9 Å². The van der Waals surface area contributed by atoms with Crippen molar-refractivity contribution in [2.75, 3.05) is 12.3 Å². The Hall–Kier alpha value is -1.60. The number of nitrogens with two attached hydrogens (primary N) is 1. The SMILES string of the molecule is CC(C)N(CCC#N)Cc1ccc(N)c(F)c1. The predicted molar refractivity (Wildman–Crippen MR) is 66.6 cm³/mol. The van der Waals surface area contributed by atoms with Gasteiger partial charge in [-0.3, -0.25) is 4.90 Å². The van der Waals surface area contributed by atoms with Crippen molar-refractivity contribution in [3.8, 4) is 6.07 Å². The standard InChI is InChI=1S/C13H18FN3/c1-10(2)17(7-3-6-15)9-11-4-5-13(16)12(14)8-11/h4-5,8,10H,3,7,9,16H2,1-2H3. The number of nitrogens with zero attached hydrogens (tertiary/aromatic N) is 2. The van der Waals surface area contributed by atoms with Gasteiger partial charge in [-0.15, -0.1) is 0 Å². The van der Waals surface area contributed by atoms with E-state index < -0.39 is 0 Å². The minimum atomic E-state index is -0.383. The van der Waals surface area contributed by atoms with Crippen LogP contribution in [0.5, 0.6) is 0 Å². The minimum absolute atomic E-state index is 0.168. The van der Waals surface area contributed by atoms with Crippen LogP contribution in [0, 0.1) is 17.1 Å². The third-order valence-electron chi connectivity index (χ3n) is 2.69. The first-order chi connectivity index (χ1) is 8.04. The molecule has 0 amide bonds. The number of nitrogen functional groups attached to an aromatic ring is 1. The fraction of sp³-hybridized carbons (Fsp3) is 0.462. The van der Waals surface area contributed by atoms with Gasteiger partial charge in [-0.1, -0.05) is 6.07 Å². The Balaban J connectivity index is 2.72. The van der Waals surface area contributed by atoms with E-state index in [1.54, 1.807) is 6.07 Å². The van der Waals surface area contributed by atoms with E-state index in [1.807, 2.05) is 6.07 Å². The molecule has 0 fully saturated rings. The highest BCUT2D eigenvalue weighted by molar-refractivity contribution is 5.41. The molecule has 0 heterocycles. The van der Waals surface area contributed by atoms with Crippen molar-refractivity contribution < 1.29 is 4.39 Å². The zero-order chi connectivity index (χ0) is 12.8. The van der Waals surface area contributed by atoms with Gasteiger partial charge >= 0.3 is 0 Å². The summed E-state index contributed by atoms with van der Waals surface area (Å²) in [4.78, 5) is 2.13. The molecule has 0 bridgehead atoms. The average molecular weight is 235 g/mol. The molecular formula is C13H18FN3. The summed E-state index contributed by atoms with van der Waals surface area (Å²) in [6.07, 6.45) is 0.482. The van der Waals surface area contributed by atoms with Crippen LogP contribution in [-0.2, 0) is 6.54 Å². The van der Waals surface area contributed by atoms with Crippen LogP contribution in [0.1, 0.15) is 25.8 Å². The zero-order valence-electron chi connectivity index (χ0n) is 10.3. The molecule has 4 heteroatoms. The lowest BCUT2D eigenvalue weighted by Crippen LogP contribution is -2.31. The van der Waals surface area contributed by atoms with Crippen LogP contribution in [0.15, 0.2) is 18.2 Å². The molecule has 0 atom stereocenters. The summed E-state index contributed by atoms with van der Waals surface area (Å²) in [6, 6.07) is 7.30. The summed E-state index contributed by atoms with van der Waals surface area (Å²) < 4.78 is 13.3. The molecule has 0 aliphatic rings. The molecule has 0 aliphatic carbocycles. The maximum atomic E-state index is 13.3. The Labute approximate surface area is 102 Å². The van der Waals surface area contributed by atoms with E-state index in [0.29, 0.717) is 25.6 Å². The summed E-state index contributed by atoms with van der Waals surface area (Å²) in [6.45, 7) is 5.45. The van der Waals surface area contributed by atoms with Crippen LogP contribution in [0.25, 0.3) is 0 Å². The summed E-state index contributed by atoms with van der Waals surface area (Å²) in [5, 5.41) is 8.59. The second-order valence-electron chi connectivity index (χ2n) is 4.33. The number of halogens is 1. The number of hydrogen-bond acceptors (Lipinski definition) is 3. The first-order valence-electron chi connectivity index (χ1n) is 5.69. The van der Waals surface area contributed by atoms with E-state index in [2.05, 4.69) is 24.8 Å². The highest BCUT2D eigenvalue weighted by Crippen LogP contribution is 2.15. The summed E-state index contributed by atoms with van der Waals surface area (Å²) >= 11 is 0. The number of nitriles is 1. The molecule has 0 saturated heterocycles. The van der Waals surface area contributed by atoms with E-state index in [-0.39, 0.29) is 11.5 Å². The summed E-state index contributed by atoms with van der Waals surface area (Å²) in [5.41, 5.74) is 6.47. The molecular weight excluding hydrogens is 217 g/mol. The van der Waals surface area contributed by atoms with Crippen molar-refractivity contribution in [3.63, 3.8) is 0 Å². The van der Waals surface area contributed by atoms with Gasteiger partial charge in [0, 0.05) is 25.6 Å². The quantitative estimate of drug-likeness (QED) is 0.798. The highest BCUT2D eigenvalue weighted by Gasteiger charge is 2.10. The van der Waals surface area contributed by atoms with Crippen molar-refractivity contribution in [1.82, 2.24) is 4.90 Å². The third-order valence-corrected chi connectivity index (χ3v) is 2.69. The van der Waals surface area contributed by atoms with Gasteiger partial charge in [0.1, 0.15) is 5.82 Å². The maximum absolute atomic E-state index is 13.3. The van der Waals surface area contributed by atoms with Crippen molar-refractivity contribution in [2.24, 2.45) is 0 Å². The lowest BCUT2D eigenvalue weighted by molar-refractivity contribution is 0.217. The molecule has 92 valence electrons. The molecule has 0 radical (unpaired) electrons. The van der Waals surface area contributed by atoms with Gasteiger partial charge in [0.25, 0.3) is 0 Å². The Morgan fingerprint density at radius 3 is 2.71 bits per heavy atom. The summed E-state index contributed by atoms with van der Waals surface area (Å²) in [5.74, 6) is -0.383.